The molecule has 0 aliphatic carbocycles. The van der Waals surface area contributed by atoms with Gasteiger partial charge in [-0.2, -0.15) is 5.26 Å². The van der Waals surface area contributed by atoms with E-state index in [1.165, 1.54) is 0 Å². The fraction of sp³-hybridized carbons (Fsp3) is 0.0667. The Morgan fingerprint density at radius 3 is 2.76 bits per heavy atom. The second-order valence-electron chi connectivity index (χ2n) is 4.22. The molecular weight excluding hydrogens is 309 g/mol. The van der Waals surface area contributed by atoms with Gasteiger partial charge in [0.05, 0.1) is 28.9 Å². The van der Waals surface area contributed by atoms with E-state index in [2.05, 4.69) is 10.6 Å². The van der Waals surface area contributed by atoms with Gasteiger partial charge in [-0.25, -0.2) is 0 Å². The summed E-state index contributed by atoms with van der Waals surface area (Å²) in [6.07, 6.45) is 0. The highest BCUT2D eigenvalue weighted by Gasteiger charge is 2.05. The number of carbonyl (C=O) groups excluding carboxylic acids is 1. The van der Waals surface area contributed by atoms with Crippen LogP contribution in [0.1, 0.15) is 5.56 Å². The van der Waals surface area contributed by atoms with Gasteiger partial charge in [-0.3, -0.25) is 4.79 Å². The van der Waals surface area contributed by atoms with Crippen LogP contribution in [0.5, 0.6) is 0 Å². The molecule has 2 rings (SSSR count). The minimum atomic E-state index is -0.249. The SMILES string of the molecule is N#Cc1cccc(NC(=O)CNc2cc(Cl)ccc2Cl)c1. The van der Waals surface area contributed by atoms with Crippen LogP contribution in [0.2, 0.25) is 10.0 Å². The van der Waals surface area contributed by atoms with Crippen LogP contribution in [0, 0.1) is 11.3 Å². The first-order chi connectivity index (χ1) is 10.1. The summed E-state index contributed by atoms with van der Waals surface area (Å²) in [4.78, 5) is 11.8. The molecule has 0 aromatic heterocycles. The van der Waals surface area contributed by atoms with Gasteiger partial charge >= 0.3 is 0 Å². The first-order valence-electron chi connectivity index (χ1n) is 6.07. The number of benzene rings is 2. The maximum atomic E-state index is 11.8. The summed E-state index contributed by atoms with van der Waals surface area (Å²) in [6.45, 7) is 0.0385. The molecule has 0 radical (unpaired) electrons. The largest absolute Gasteiger partial charge is 0.375 e. The van der Waals surface area contributed by atoms with Crippen LogP contribution in [-0.2, 0) is 4.79 Å². The van der Waals surface area contributed by atoms with E-state index < -0.39 is 0 Å². The molecule has 1 amide bonds. The molecule has 6 heteroatoms. The third-order valence-electron chi connectivity index (χ3n) is 2.64. The monoisotopic (exact) mass is 319 g/mol. The maximum Gasteiger partial charge on any atom is 0.243 e. The van der Waals surface area contributed by atoms with E-state index in [4.69, 9.17) is 28.5 Å². The van der Waals surface area contributed by atoms with Gasteiger partial charge in [0.1, 0.15) is 0 Å². The third-order valence-corrected chi connectivity index (χ3v) is 3.21. The maximum absolute atomic E-state index is 11.8. The van der Waals surface area contributed by atoms with Gasteiger partial charge in [-0.1, -0.05) is 29.3 Å². The molecule has 0 heterocycles. The number of anilines is 2. The highest BCUT2D eigenvalue weighted by atomic mass is 35.5. The van der Waals surface area contributed by atoms with Gasteiger partial charge < -0.3 is 10.6 Å². The van der Waals surface area contributed by atoms with E-state index in [0.29, 0.717) is 27.0 Å². The Morgan fingerprint density at radius 1 is 1.19 bits per heavy atom. The van der Waals surface area contributed by atoms with Gasteiger partial charge in [-0.15, -0.1) is 0 Å². The normalized spacial score (nSPS) is 9.76. The molecule has 0 spiro atoms. The van der Waals surface area contributed by atoms with Crippen molar-refractivity contribution in [2.75, 3.05) is 17.2 Å². The number of halogens is 2. The highest BCUT2D eigenvalue weighted by molar-refractivity contribution is 6.35. The van der Waals surface area contributed by atoms with Crippen LogP contribution in [0.4, 0.5) is 11.4 Å². The molecule has 0 atom stereocenters. The molecule has 21 heavy (non-hydrogen) atoms. The zero-order valence-electron chi connectivity index (χ0n) is 10.9. The predicted molar refractivity (Wildman–Crippen MR) is 84.7 cm³/mol. The number of rotatable bonds is 4. The van der Waals surface area contributed by atoms with Crippen LogP contribution in [0.15, 0.2) is 42.5 Å². The average molecular weight is 320 g/mol. The van der Waals surface area contributed by atoms with Crippen LogP contribution in [0.25, 0.3) is 0 Å². The molecule has 0 bridgehead atoms. The first kappa shape index (κ1) is 15.2. The van der Waals surface area contributed by atoms with Crippen molar-refractivity contribution in [2.45, 2.75) is 0 Å². The topological polar surface area (TPSA) is 64.9 Å². The fourth-order valence-electron chi connectivity index (χ4n) is 1.68. The summed E-state index contributed by atoms with van der Waals surface area (Å²) < 4.78 is 0. The molecule has 0 aliphatic rings. The van der Waals surface area contributed by atoms with E-state index in [0.717, 1.165) is 0 Å². The zero-order chi connectivity index (χ0) is 15.2. The average Bonchev–Trinajstić information content (AvgIpc) is 2.48. The molecule has 0 fully saturated rings. The summed E-state index contributed by atoms with van der Waals surface area (Å²) in [6, 6.07) is 13.7. The number of nitriles is 1. The van der Waals surface area contributed by atoms with E-state index in [-0.39, 0.29) is 12.5 Å². The first-order valence-corrected chi connectivity index (χ1v) is 6.83. The second-order valence-corrected chi connectivity index (χ2v) is 5.06. The van der Waals surface area contributed by atoms with Crippen molar-refractivity contribution in [3.05, 3.63) is 58.1 Å². The zero-order valence-corrected chi connectivity index (χ0v) is 12.4. The lowest BCUT2D eigenvalue weighted by molar-refractivity contribution is -0.114. The van der Waals surface area contributed by atoms with Crippen LogP contribution < -0.4 is 10.6 Å². The molecule has 2 aromatic rings. The van der Waals surface area contributed by atoms with Crippen molar-refractivity contribution < 1.29 is 4.79 Å². The Bertz CT molecular complexity index is 710. The number of hydrogen-bond acceptors (Lipinski definition) is 3. The van der Waals surface area contributed by atoms with Crippen molar-refractivity contribution in [2.24, 2.45) is 0 Å². The highest BCUT2D eigenvalue weighted by Crippen LogP contribution is 2.25. The van der Waals surface area contributed by atoms with E-state index >= 15 is 0 Å². The molecule has 0 aliphatic heterocycles. The van der Waals surface area contributed by atoms with Crippen LogP contribution in [0.3, 0.4) is 0 Å². The molecule has 2 aromatic carbocycles. The van der Waals surface area contributed by atoms with Crippen molar-refractivity contribution in [1.29, 1.82) is 5.26 Å². The molecule has 0 saturated carbocycles. The van der Waals surface area contributed by atoms with Crippen molar-refractivity contribution >= 4 is 40.5 Å². The van der Waals surface area contributed by atoms with Crippen molar-refractivity contribution in [3.8, 4) is 6.07 Å². The summed E-state index contributed by atoms with van der Waals surface area (Å²) in [5.41, 5.74) is 1.64. The van der Waals surface area contributed by atoms with Gasteiger partial charge in [0.25, 0.3) is 0 Å². The smallest absolute Gasteiger partial charge is 0.243 e. The number of carbonyl (C=O) groups is 1. The lowest BCUT2D eigenvalue weighted by Crippen LogP contribution is -2.21. The van der Waals surface area contributed by atoms with E-state index in [1.54, 1.807) is 42.5 Å². The predicted octanol–water partition coefficient (Wildman–Crippen LogP) is 3.92. The second kappa shape index (κ2) is 6.98. The standard InChI is InChI=1S/C15H11Cl2N3O/c16-11-4-5-13(17)14(7-11)19-9-15(21)20-12-3-1-2-10(6-12)8-18/h1-7,19H,9H2,(H,20,21). The van der Waals surface area contributed by atoms with Gasteiger partial charge in [0, 0.05) is 10.7 Å². The number of amides is 1. The molecule has 0 unspecified atom stereocenters. The quantitative estimate of drug-likeness (QED) is 0.897. The van der Waals surface area contributed by atoms with E-state index in [1.807, 2.05) is 6.07 Å². The summed E-state index contributed by atoms with van der Waals surface area (Å²) in [5, 5.41) is 15.4. The molecule has 2 N–H and O–H groups in total. The lowest BCUT2D eigenvalue weighted by Gasteiger charge is -2.09. The molecular formula is C15H11Cl2N3O. The van der Waals surface area contributed by atoms with Crippen LogP contribution >= 0.6 is 23.2 Å². The Hall–Kier alpha value is -2.22. The van der Waals surface area contributed by atoms with Gasteiger partial charge in [0.15, 0.2) is 0 Å². The van der Waals surface area contributed by atoms with Gasteiger partial charge in [0.2, 0.25) is 5.91 Å². The molecule has 106 valence electrons. The van der Waals surface area contributed by atoms with Crippen molar-refractivity contribution in [3.63, 3.8) is 0 Å². The Labute approximate surface area is 132 Å². The summed E-state index contributed by atoms with van der Waals surface area (Å²) in [7, 11) is 0. The molecule has 4 nitrogen and oxygen atoms in total. The number of nitrogens with zero attached hydrogens (tertiary/aromatic N) is 1. The summed E-state index contributed by atoms with van der Waals surface area (Å²) in [5.74, 6) is -0.249. The van der Waals surface area contributed by atoms with Gasteiger partial charge in [-0.05, 0) is 36.4 Å². The molecule has 0 saturated heterocycles. The van der Waals surface area contributed by atoms with Crippen molar-refractivity contribution in [1.82, 2.24) is 0 Å². The number of nitrogens with one attached hydrogen (secondary N) is 2. The van der Waals surface area contributed by atoms with Crippen LogP contribution in [-0.4, -0.2) is 12.5 Å². The Morgan fingerprint density at radius 2 is 2.00 bits per heavy atom. The lowest BCUT2D eigenvalue weighted by atomic mass is 10.2. The van der Waals surface area contributed by atoms with E-state index in [9.17, 15) is 4.79 Å². The third kappa shape index (κ3) is 4.38. The number of hydrogen-bond donors (Lipinski definition) is 2. The fourth-order valence-corrected chi connectivity index (χ4v) is 2.04. The minimum absolute atomic E-state index is 0.0385. The summed E-state index contributed by atoms with van der Waals surface area (Å²) >= 11 is 11.9. The Balaban J connectivity index is 1.96. The minimum Gasteiger partial charge on any atom is -0.375 e. The Kier molecular flexibility index (Phi) is 5.04.